The molecule has 0 bridgehead atoms. The summed E-state index contributed by atoms with van der Waals surface area (Å²) in [7, 11) is 0. The number of nitrogens with one attached hydrogen (secondary N) is 1. The van der Waals surface area contributed by atoms with E-state index in [0.29, 0.717) is 41.9 Å². The van der Waals surface area contributed by atoms with Crippen LogP contribution in [0.1, 0.15) is 46.2 Å². The zero-order chi connectivity index (χ0) is 19.4. The number of carbonyl (C=O) groups is 1. The number of thiocarbonyl (C=S) groups is 1. The Morgan fingerprint density at radius 3 is 2.46 bits per heavy atom. The van der Waals surface area contributed by atoms with Gasteiger partial charge in [0, 0.05) is 17.8 Å². The molecule has 5 nitrogen and oxygen atoms in total. The summed E-state index contributed by atoms with van der Waals surface area (Å²) in [6.07, 6.45) is 0. The number of carbonyl (C=O) groups excluding carboxylic acids is 1. The van der Waals surface area contributed by atoms with E-state index in [4.69, 9.17) is 21.7 Å². The maximum Gasteiger partial charge on any atom is 0.175 e. The first-order valence-corrected chi connectivity index (χ1v) is 9.94. The molecule has 2 rings (SSSR count). The summed E-state index contributed by atoms with van der Waals surface area (Å²) >= 11 is 9.08. The topological polar surface area (TPSA) is 50.8 Å². The zero-order valence-electron chi connectivity index (χ0n) is 15.8. The molecule has 1 aromatic carbocycles. The van der Waals surface area contributed by atoms with Crippen molar-refractivity contribution >= 4 is 39.0 Å². The number of ketones is 1. The van der Waals surface area contributed by atoms with Crippen molar-refractivity contribution in [2.24, 2.45) is 0 Å². The predicted octanol–water partition coefficient (Wildman–Crippen LogP) is 4.36. The zero-order valence-corrected chi connectivity index (χ0v) is 18.2. The van der Waals surface area contributed by atoms with Crippen LogP contribution in [0.3, 0.4) is 0 Å². The van der Waals surface area contributed by atoms with E-state index in [-0.39, 0.29) is 11.8 Å². The second-order valence-corrected chi connectivity index (χ2v) is 7.12. The number of allylic oxidation sites excluding steroid dienone is 1. The molecule has 26 heavy (non-hydrogen) atoms. The third-order valence-corrected chi connectivity index (χ3v) is 5.17. The molecule has 1 unspecified atom stereocenters. The normalized spacial score (nSPS) is 17.2. The Kier molecular flexibility index (Phi) is 7.06. The van der Waals surface area contributed by atoms with Crippen molar-refractivity contribution in [3.63, 3.8) is 0 Å². The van der Waals surface area contributed by atoms with Gasteiger partial charge >= 0.3 is 0 Å². The Labute approximate surface area is 168 Å². The lowest BCUT2D eigenvalue weighted by Gasteiger charge is -2.37. The fourth-order valence-electron chi connectivity index (χ4n) is 3.17. The third kappa shape index (κ3) is 4.04. The molecular formula is C19H25BrN2O3S. The quantitative estimate of drug-likeness (QED) is 0.635. The molecule has 1 aliphatic rings. The molecular weight excluding hydrogens is 416 g/mol. The molecule has 0 aliphatic carbocycles. The van der Waals surface area contributed by atoms with Gasteiger partial charge in [-0.05, 0) is 80.5 Å². The van der Waals surface area contributed by atoms with E-state index in [0.717, 1.165) is 15.7 Å². The molecule has 142 valence electrons. The van der Waals surface area contributed by atoms with Crippen LogP contribution in [0.4, 0.5) is 0 Å². The number of rotatable bonds is 7. The van der Waals surface area contributed by atoms with Gasteiger partial charge in [0.2, 0.25) is 0 Å². The van der Waals surface area contributed by atoms with Crippen LogP contribution < -0.4 is 14.8 Å². The van der Waals surface area contributed by atoms with Crippen molar-refractivity contribution < 1.29 is 14.3 Å². The van der Waals surface area contributed by atoms with Gasteiger partial charge in [0.15, 0.2) is 22.4 Å². The summed E-state index contributed by atoms with van der Waals surface area (Å²) in [6, 6.07) is 3.54. The lowest BCUT2D eigenvalue weighted by molar-refractivity contribution is -0.114. The second-order valence-electron chi connectivity index (χ2n) is 5.88. The van der Waals surface area contributed by atoms with Gasteiger partial charge in [0.05, 0.1) is 23.7 Å². The molecule has 0 radical (unpaired) electrons. The van der Waals surface area contributed by atoms with Crippen molar-refractivity contribution in [2.45, 2.75) is 40.7 Å². The summed E-state index contributed by atoms with van der Waals surface area (Å²) in [5.41, 5.74) is 2.49. The number of benzene rings is 1. The van der Waals surface area contributed by atoms with Crippen LogP contribution in [0.25, 0.3) is 0 Å². The van der Waals surface area contributed by atoms with Gasteiger partial charge in [0.1, 0.15) is 0 Å². The van der Waals surface area contributed by atoms with Crippen molar-refractivity contribution in [3.8, 4) is 11.5 Å². The molecule has 1 heterocycles. The minimum Gasteiger partial charge on any atom is -0.490 e. The molecule has 1 atom stereocenters. The van der Waals surface area contributed by atoms with Crippen molar-refractivity contribution in [3.05, 3.63) is 33.4 Å². The first kappa shape index (κ1) is 20.7. The predicted molar refractivity (Wildman–Crippen MR) is 111 cm³/mol. The standard InChI is InChI=1S/C19H25BrN2O3S/c1-6-22-11(4)16(12(5)23)17(21-19(22)26)13-9-14(20)18(25-8-3)15(10-13)24-7-2/h9-10,17H,6-8H2,1-5H3,(H,21,26). The van der Waals surface area contributed by atoms with Crippen molar-refractivity contribution in [1.29, 1.82) is 0 Å². The highest BCUT2D eigenvalue weighted by atomic mass is 79.9. The molecule has 1 aliphatic heterocycles. The average Bonchev–Trinajstić information content (AvgIpc) is 2.57. The van der Waals surface area contributed by atoms with Gasteiger partial charge in [0.25, 0.3) is 0 Å². The fraction of sp³-hybridized carbons (Fsp3) is 0.474. The summed E-state index contributed by atoms with van der Waals surface area (Å²) in [5.74, 6) is 1.32. The maximum absolute atomic E-state index is 12.4. The SMILES string of the molecule is CCOc1cc(C2NC(=S)N(CC)C(C)=C2C(C)=O)cc(Br)c1OCC. The summed E-state index contributed by atoms with van der Waals surface area (Å²) < 4.78 is 12.3. The lowest BCUT2D eigenvalue weighted by atomic mass is 9.92. The summed E-state index contributed by atoms with van der Waals surface area (Å²) in [6.45, 7) is 11.1. The van der Waals surface area contributed by atoms with Crippen LogP contribution in [0.2, 0.25) is 0 Å². The second kappa shape index (κ2) is 8.86. The van der Waals surface area contributed by atoms with Crippen molar-refractivity contribution in [1.82, 2.24) is 10.2 Å². The van der Waals surface area contributed by atoms with E-state index in [2.05, 4.69) is 21.2 Å². The monoisotopic (exact) mass is 440 g/mol. The van der Waals surface area contributed by atoms with Crippen LogP contribution in [-0.2, 0) is 4.79 Å². The van der Waals surface area contributed by atoms with E-state index in [1.165, 1.54) is 0 Å². The highest BCUT2D eigenvalue weighted by Gasteiger charge is 2.32. The van der Waals surface area contributed by atoms with E-state index < -0.39 is 0 Å². The minimum atomic E-state index is -0.325. The molecule has 0 saturated heterocycles. The Morgan fingerprint density at radius 1 is 1.27 bits per heavy atom. The highest BCUT2D eigenvalue weighted by molar-refractivity contribution is 9.10. The Bertz CT molecular complexity index is 749. The van der Waals surface area contributed by atoms with E-state index >= 15 is 0 Å². The lowest BCUT2D eigenvalue weighted by Crippen LogP contribution is -2.47. The number of hydrogen-bond donors (Lipinski definition) is 1. The Morgan fingerprint density at radius 2 is 1.92 bits per heavy atom. The molecule has 0 amide bonds. The highest BCUT2D eigenvalue weighted by Crippen LogP contribution is 2.41. The van der Waals surface area contributed by atoms with Gasteiger partial charge in [-0.1, -0.05) is 0 Å². The molecule has 1 N–H and O–H groups in total. The van der Waals surface area contributed by atoms with Gasteiger partial charge < -0.3 is 19.7 Å². The van der Waals surface area contributed by atoms with Gasteiger partial charge in [-0.3, -0.25) is 4.79 Å². The Hall–Kier alpha value is -1.60. The van der Waals surface area contributed by atoms with Gasteiger partial charge in [-0.2, -0.15) is 0 Å². The number of nitrogens with zero attached hydrogens (tertiary/aromatic N) is 1. The first-order chi connectivity index (χ1) is 12.3. The van der Waals surface area contributed by atoms with Crippen LogP contribution in [0.15, 0.2) is 27.9 Å². The van der Waals surface area contributed by atoms with E-state index in [1.807, 2.05) is 44.7 Å². The molecule has 0 aromatic heterocycles. The van der Waals surface area contributed by atoms with Crippen LogP contribution in [0, 0.1) is 0 Å². The van der Waals surface area contributed by atoms with Crippen LogP contribution >= 0.6 is 28.1 Å². The first-order valence-electron chi connectivity index (χ1n) is 8.74. The number of Topliss-reactive ketones (excluding diaryl/α,β-unsaturated/α-hetero) is 1. The summed E-state index contributed by atoms with van der Waals surface area (Å²) in [5, 5.41) is 3.92. The largest absolute Gasteiger partial charge is 0.490 e. The number of ether oxygens (including phenoxy) is 2. The smallest absolute Gasteiger partial charge is 0.175 e. The van der Waals surface area contributed by atoms with Crippen molar-refractivity contribution in [2.75, 3.05) is 19.8 Å². The number of hydrogen-bond acceptors (Lipinski definition) is 4. The molecule has 0 saturated carbocycles. The van der Waals surface area contributed by atoms with Gasteiger partial charge in [-0.15, -0.1) is 0 Å². The molecule has 0 spiro atoms. The molecule has 7 heteroatoms. The van der Waals surface area contributed by atoms with Crippen LogP contribution in [-0.4, -0.2) is 35.6 Å². The van der Waals surface area contributed by atoms with E-state index in [9.17, 15) is 4.79 Å². The van der Waals surface area contributed by atoms with Crippen LogP contribution in [0.5, 0.6) is 11.5 Å². The summed E-state index contributed by atoms with van der Waals surface area (Å²) in [4.78, 5) is 14.3. The minimum absolute atomic E-state index is 0.0175. The fourth-order valence-corrected chi connectivity index (χ4v) is 4.13. The third-order valence-electron chi connectivity index (χ3n) is 4.25. The number of halogens is 1. The van der Waals surface area contributed by atoms with E-state index in [1.54, 1.807) is 6.92 Å². The molecule has 0 fully saturated rings. The van der Waals surface area contributed by atoms with Gasteiger partial charge in [-0.25, -0.2) is 0 Å². The molecule has 1 aromatic rings. The average molecular weight is 441 g/mol. The maximum atomic E-state index is 12.4. The Balaban J connectivity index is 2.60.